The highest BCUT2D eigenvalue weighted by molar-refractivity contribution is 5.85. The summed E-state index contributed by atoms with van der Waals surface area (Å²) in [4.78, 5) is 24.2. The van der Waals surface area contributed by atoms with Crippen LogP contribution >= 0.6 is 0 Å². The van der Waals surface area contributed by atoms with Gasteiger partial charge >= 0.3 is 5.76 Å². The molecular formula is C25H28N4O5. The second-order valence-electron chi connectivity index (χ2n) is 8.67. The van der Waals surface area contributed by atoms with Crippen molar-refractivity contribution < 1.29 is 18.7 Å². The number of aromatic nitrogens is 1. The zero-order valence-corrected chi connectivity index (χ0v) is 19.0. The van der Waals surface area contributed by atoms with Gasteiger partial charge in [-0.3, -0.25) is 9.36 Å². The molecule has 34 heavy (non-hydrogen) atoms. The maximum atomic E-state index is 12.2. The molecule has 0 bridgehead atoms. The number of hydrogen-bond acceptors (Lipinski definition) is 7. The normalized spacial score (nSPS) is 21.3. The summed E-state index contributed by atoms with van der Waals surface area (Å²) in [6.07, 6.45) is 0.727. The first-order valence-corrected chi connectivity index (χ1v) is 11.1. The number of ether oxygens (including phenoxy) is 2. The van der Waals surface area contributed by atoms with Crippen LogP contribution in [0.15, 0.2) is 51.7 Å². The molecule has 0 spiro atoms. The Labute approximate surface area is 196 Å². The summed E-state index contributed by atoms with van der Waals surface area (Å²) in [5.41, 5.74) is 14.7. The predicted octanol–water partition coefficient (Wildman–Crippen LogP) is 1.81. The maximum Gasteiger partial charge on any atom is 0.420 e. The van der Waals surface area contributed by atoms with Crippen molar-refractivity contribution in [3.8, 4) is 17.2 Å². The topological polar surface area (TPSA) is 146 Å². The van der Waals surface area contributed by atoms with Gasteiger partial charge in [0.2, 0.25) is 5.91 Å². The largest absolute Gasteiger partial charge is 0.420 e. The first-order valence-electron chi connectivity index (χ1n) is 11.1. The van der Waals surface area contributed by atoms with Crippen molar-refractivity contribution in [3.05, 3.63) is 58.6 Å². The number of rotatable bonds is 8. The van der Waals surface area contributed by atoms with Gasteiger partial charge in [-0.15, -0.1) is 0 Å². The third kappa shape index (κ3) is 4.48. The summed E-state index contributed by atoms with van der Waals surface area (Å²) in [6.45, 7) is 1.38. The van der Waals surface area contributed by atoms with E-state index in [9.17, 15) is 14.9 Å². The summed E-state index contributed by atoms with van der Waals surface area (Å²) in [6, 6.07) is 15.7. The Bertz CT molecular complexity index is 1270. The number of hydrogen-bond donors (Lipinski definition) is 2. The van der Waals surface area contributed by atoms with Crippen LogP contribution in [-0.2, 0) is 27.2 Å². The van der Waals surface area contributed by atoms with Gasteiger partial charge in [-0.25, -0.2) is 4.79 Å². The van der Waals surface area contributed by atoms with E-state index in [1.165, 1.54) is 0 Å². The second kappa shape index (κ2) is 9.81. The van der Waals surface area contributed by atoms with Crippen LogP contribution in [0.4, 0.5) is 0 Å². The van der Waals surface area contributed by atoms with E-state index in [4.69, 9.17) is 25.4 Å². The molecule has 3 unspecified atom stereocenters. The third-order valence-electron chi connectivity index (χ3n) is 6.66. The molecule has 1 aromatic heterocycles. The predicted molar refractivity (Wildman–Crippen MR) is 126 cm³/mol. The number of oxazole rings is 1. The standard InChI is InChI=1S/C25H28N4O5/c1-32-11-9-29-21-13-18(6-7-22(21)34-24(29)31)17-4-2-16(3-5-17)12-19(14-26)20-15-33-10-8-25(20,28)23(27)30/h2-7,13,19-20H,8-12,15,28H2,1H3,(H2,27,30). The first kappa shape index (κ1) is 23.7. The fourth-order valence-corrected chi connectivity index (χ4v) is 4.57. The monoisotopic (exact) mass is 464 g/mol. The van der Waals surface area contributed by atoms with Crippen LogP contribution in [0.2, 0.25) is 0 Å². The minimum atomic E-state index is -1.25. The molecule has 4 rings (SSSR count). The van der Waals surface area contributed by atoms with Gasteiger partial charge < -0.3 is 25.4 Å². The van der Waals surface area contributed by atoms with Crippen LogP contribution < -0.4 is 17.2 Å². The number of carbonyl (C=O) groups excluding carboxylic acids is 1. The lowest BCUT2D eigenvalue weighted by Gasteiger charge is -2.40. The molecule has 4 N–H and O–H groups in total. The van der Waals surface area contributed by atoms with Crippen LogP contribution in [0.1, 0.15) is 12.0 Å². The van der Waals surface area contributed by atoms with Gasteiger partial charge in [-0.2, -0.15) is 5.26 Å². The molecule has 1 aliphatic heterocycles. The Kier molecular flexibility index (Phi) is 6.84. The van der Waals surface area contributed by atoms with Crippen molar-refractivity contribution >= 4 is 17.0 Å². The van der Waals surface area contributed by atoms with Crippen LogP contribution in [0, 0.1) is 23.2 Å². The van der Waals surface area contributed by atoms with Crippen LogP contribution in [0.3, 0.4) is 0 Å². The lowest BCUT2D eigenvalue weighted by Crippen LogP contribution is -2.63. The number of nitrogens with zero attached hydrogens (tertiary/aromatic N) is 2. The summed E-state index contributed by atoms with van der Waals surface area (Å²) in [5.74, 6) is -2.01. The molecule has 0 radical (unpaired) electrons. The highest BCUT2D eigenvalue weighted by Crippen LogP contribution is 2.33. The molecule has 2 heterocycles. The molecule has 9 nitrogen and oxygen atoms in total. The molecule has 3 atom stereocenters. The van der Waals surface area contributed by atoms with Crippen molar-refractivity contribution in [2.75, 3.05) is 26.9 Å². The quantitative estimate of drug-likeness (QED) is 0.517. The van der Waals surface area contributed by atoms with Crippen molar-refractivity contribution in [2.24, 2.45) is 23.3 Å². The summed E-state index contributed by atoms with van der Waals surface area (Å²) >= 11 is 0. The summed E-state index contributed by atoms with van der Waals surface area (Å²) < 4.78 is 17.5. The van der Waals surface area contributed by atoms with Gasteiger partial charge in [-0.05, 0) is 41.7 Å². The number of benzene rings is 2. The van der Waals surface area contributed by atoms with E-state index in [1.807, 2.05) is 36.4 Å². The summed E-state index contributed by atoms with van der Waals surface area (Å²) in [5, 5.41) is 9.82. The number of primary amides is 1. The lowest BCUT2D eigenvalue weighted by molar-refractivity contribution is -0.131. The molecule has 3 aromatic rings. The fraction of sp³-hybridized carbons (Fsp3) is 0.400. The molecule has 178 valence electrons. The molecule has 0 saturated carbocycles. The average Bonchev–Trinajstić information content (AvgIpc) is 3.16. The minimum Gasteiger partial charge on any atom is -0.408 e. The number of methoxy groups -OCH3 is 1. The van der Waals surface area contributed by atoms with E-state index < -0.39 is 29.0 Å². The number of nitrogens with two attached hydrogens (primary N) is 2. The van der Waals surface area contributed by atoms with Gasteiger partial charge in [0.15, 0.2) is 5.58 Å². The Morgan fingerprint density at radius 2 is 2.03 bits per heavy atom. The average molecular weight is 465 g/mol. The van der Waals surface area contributed by atoms with E-state index >= 15 is 0 Å². The molecule has 9 heteroatoms. The lowest BCUT2D eigenvalue weighted by atomic mass is 9.71. The van der Waals surface area contributed by atoms with E-state index in [2.05, 4.69) is 6.07 Å². The summed E-state index contributed by atoms with van der Waals surface area (Å²) in [7, 11) is 1.58. The third-order valence-corrected chi connectivity index (χ3v) is 6.66. The number of carbonyl (C=O) groups is 1. The van der Waals surface area contributed by atoms with Crippen molar-refractivity contribution in [1.29, 1.82) is 5.26 Å². The second-order valence-corrected chi connectivity index (χ2v) is 8.67. The van der Waals surface area contributed by atoms with Gasteiger partial charge in [0.1, 0.15) is 5.54 Å². The molecular weight excluding hydrogens is 436 g/mol. The zero-order chi connectivity index (χ0) is 24.3. The molecule has 1 fully saturated rings. The number of fused-ring (bicyclic) bond motifs is 1. The zero-order valence-electron chi connectivity index (χ0n) is 19.0. The van der Waals surface area contributed by atoms with Gasteiger partial charge in [0, 0.05) is 19.6 Å². The molecule has 1 amide bonds. The number of nitriles is 1. The Balaban J connectivity index is 1.56. The van der Waals surface area contributed by atoms with Crippen LogP contribution in [0.25, 0.3) is 22.2 Å². The molecule has 0 aliphatic carbocycles. The van der Waals surface area contributed by atoms with E-state index in [1.54, 1.807) is 17.7 Å². The smallest absolute Gasteiger partial charge is 0.408 e. The maximum absolute atomic E-state index is 12.2. The van der Waals surface area contributed by atoms with E-state index in [0.29, 0.717) is 43.7 Å². The van der Waals surface area contributed by atoms with E-state index in [-0.39, 0.29) is 6.61 Å². The van der Waals surface area contributed by atoms with Crippen LogP contribution in [-0.4, -0.2) is 42.9 Å². The van der Waals surface area contributed by atoms with E-state index in [0.717, 1.165) is 16.7 Å². The Hall–Kier alpha value is -3.45. The molecule has 2 aromatic carbocycles. The first-order chi connectivity index (χ1) is 16.4. The molecule has 1 aliphatic rings. The highest BCUT2D eigenvalue weighted by Gasteiger charge is 2.46. The Morgan fingerprint density at radius 3 is 2.71 bits per heavy atom. The van der Waals surface area contributed by atoms with Gasteiger partial charge in [0.05, 0.1) is 37.3 Å². The Morgan fingerprint density at radius 1 is 1.29 bits per heavy atom. The van der Waals surface area contributed by atoms with Crippen molar-refractivity contribution in [3.63, 3.8) is 0 Å². The van der Waals surface area contributed by atoms with Crippen LogP contribution in [0.5, 0.6) is 0 Å². The van der Waals surface area contributed by atoms with Gasteiger partial charge in [0.25, 0.3) is 0 Å². The van der Waals surface area contributed by atoms with Gasteiger partial charge in [-0.1, -0.05) is 30.3 Å². The fourth-order valence-electron chi connectivity index (χ4n) is 4.57. The van der Waals surface area contributed by atoms with Crippen molar-refractivity contribution in [2.45, 2.75) is 24.9 Å². The van der Waals surface area contributed by atoms with Crippen molar-refractivity contribution in [1.82, 2.24) is 4.57 Å². The highest BCUT2D eigenvalue weighted by atomic mass is 16.5. The minimum absolute atomic E-state index is 0.227. The number of amides is 1. The SMILES string of the molecule is COCCn1c(=O)oc2ccc(-c3ccc(CC(C#N)C4COCCC4(N)C(N)=O)cc3)cc21. The molecule has 1 saturated heterocycles.